The molecule has 7 heteroatoms. The predicted octanol–water partition coefficient (Wildman–Crippen LogP) is 2.25. The molecule has 0 spiro atoms. The Morgan fingerprint density at radius 2 is 1.91 bits per heavy atom. The van der Waals surface area contributed by atoms with Gasteiger partial charge in [0.15, 0.2) is 0 Å². The lowest BCUT2D eigenvalue weighted by Crippen LogP contribution is -2.08. The Morgan fingerprint density at radius 3 is 2.45 bits per heavy atom. The van der Waals surface area contributed by atoms with Crippen molar-refractivity contribution in [3.63, 3.8) is 0 Å². The number of methoxy groups -OCH3 is 1. The number of hydrogen-bond acceptors (Lipinski definition) is 6. The monoisotopic (exact) mass is 320 g/mol. The lowest BCUT2D eigenvalue weighted by Gasteiger charge is -2.16. The maximum absolute atomic E-state index is 12.9. The van der Waals surface area contributed by atoms with Gasteiger partial charge in [0.1, 0.15) is 16.5 Å². The van der Waals surface area contributed by atoms with E-state index in [0.717, 1.165) is 11.1 Å². The number of nitrogens with two attached hydrogens (primary N) is 2. The third-order valence-corrected chi connectivity index (χ3v) is 4.82. The molecule has 22 heavy (non-hydrogen) atoms. The number of ether oxygens (including phenoxy) is 1. The Labute approximate surface area is 132 Å². The third kappa shape index (κ3) is 3.04. The summed E-state index contributed by atoms with van der Waals surface area (Å²) < 4.78 is 18.3. The average Bonchev–Trinajstić information content (AvgIpc) is 2.46. The van der Waals surface area contributed by atoms with E-state index in [-0.39, 0.29) is 17.7 Å². The minimum absolute atomic E-state index is 0.0591. The highest BCUT2D eigenvalue weighted by atomic mass is 32.2. The maximum atomic E-state index is 12.9. The quantitative estimate of drug-likeness (QED) is 0.895. The van der Waals surface area contributed by atoms with E-state index < -0.39 is 10.8 Å². The number of anilines is 2. The molecule has 1 atom stereocenters. The van der Waals surface area contributed by atoms with Crippen LogP contribution in [0.2, 0.25) is 0 Å². The second kappa shape index (κ2) is 6.31. The molecule has 0 amide bonds. The molecule has 6 nitrogen and oxygen atoms in total. The minimum Gasteiger partial charge on any atom is -0.496 e. The van der Waals surface area contributed by atoms with Crippen molar-refractivity contribution in [3.8, 4) is 5.75 Å². The Kier molecular flexibility index (Phi) is 4.65. The van der Waals surface area contributed by atoms with Gasteiger partial charge in [0, 0.05) is 0 Å². The van der Waals surface area contributed by atoms with Gasteiger partial charge >= 0.3 is 0 Å². The summed E-state index contributed by atoms with van der Waals surface area (Å²) in [6, 6.07) is 3.78. The van der Waals surface area contributed by atoms with Crippen LogP contribution in [0.3, 0.4) is 0 Å². The van der Waals surface area contributed by atoms with E-state index in [1.807, 2.05) is 26.8 Å². The number of benzene rings is 1. The highest BCUT2D eigenvalue weighted by Gasteiger charge is 2.20. The van der Waals surface area contributed by atoms with E-state index in [2.05, 4.69) is 9.97 Å². The van der Waals surface area contributed by atoms with E-state index in [9.17, 15) is 4.21 Å². The first-order valence-electron chi connectivity index (χ1n) is 6.83. The molecular formula is C15H20N4O2S. The lowest BCUT2D eigenvalue weighted by atomic mass is 10.0. The van der Waals surface area contributed by atoms with Gasteiger partial charge in [-0.15, -0.1) is 0 Å². The van der Waals surface area contributed by atoms with Crippen molar-refractivity contribution in [2.75, 3.05) is 18.6 Å². The van der Waals surface area contributed by atoms with Crippen LogP contribution in [-0.4, -0.2) is 21.3 Å². The molecule has 118 valence electrons. The van der Waals surface area contributed by atoms with Gasteiger partial charge in [-0.05, 0) is 30.0 Å². The fourth-order valence-corrected chi connectivity index (χ4v) is 3.53. The van der Waals surface area contributed by atoms with Gasteiger partial charge in [0.2, 0.25) is 5.95 Å². The average molecular weight is 320 g/mol. The second-order valence-corrected chi connectivity index (χ2v) is 6.68. The predicted molar refractivity (Wildman–Crippen MR) is 87.4 cm³/mol. The minimum atomic E-state index is -1.50. The van der Waals surface area contributed by atoms with Crippen molar-refractivity contribution >= 4 is 22.6 Å². The molecule has 0 radical (unpaired) electrons. The smallest absolute Gasteiger partial charge is 0.221 e. The van der Waals surface area contributed by atoms with Gasteiger partial charge in [-0.1, -0.05) is 19.9 Å². The number of nitrogen functional groups attached to an aromatic ring is 2. The van der Waals surface area contributed by atoms with Gasteiger partial charge < -0.3 is 16.2 Å². The number of aromatic nitrogens is 2. The van der Waals surface area contributed by atoms with Crippen molar-refractivity contribution in [2.45, 2.75) is 36.5 Å². The van der Waals surface area contributed by atoms with Crippen LogP contribution in [0, 0.1) is 6.92 Å². The molecule has 0 aliphatic heterocycles. The number of aryl methyl sites for hydroxylation is 1. The van der Waals surface area contributed by atoms with Crippen LogP contribution >= 0.6 is 0 Å². The summed E-state index contributed by atoms with van der Waals surface area (Å²) in [6.45, 7) is 6.05. The Bertz CT molecular complexity index is 732. The number of hydrogen-bond donors (Lipinski definition) is 2. The molecule has 1 unspecified atom stereocenters. The van der Waals surface area contributed by atoms with Crippen LogP contribution in [0.25, 0.3) is 0 Å². The summed E-state index contributed by atoms with van der Waals surface area (Å²) >= 11 is 0. The molecule has 1 aromatic carbocycles. The Balaban J connectivity index is 2.61. The molecule has 2 aromatic rings. The van der Waals surface area contributed by atoms with Gasteiger partial charge in [-0.25, -0.2) is 9.19 Å². The molecule has 2 rings (SSSR count). The molecule has 0 aliphatic carbocycles. The van der Waals surface area contributed by atoms with Crippen molar-refractivity contribution in [2.24, 2.45) is 0 Å². The normalized spacial score (nSPS) is 12.4. The summed E-state index contributed by atoms with van der Waals surface area (Å²) in [5.74, 6) is 1.08. The molecule has 0 bridgehead atoms. The zero-order valence-electron chi connectivity index (χ0n) is 13.1. The molecule has 0 saturated carbocycles. The summed E-state index contributed by atoms with van der Waals surface area (Å²) in [5, 5.41) is 0. The van der Waals surface area contributed by atoms with Crippen LogP contribution in [0.4, 0.5) is 11.8 Å². The molecule has 0 saturated heterocycles. The van der Waals surface area contributed by atoms with Gasteiger partial charge in [-0.2, -0.15) is 4.98 Å². The Hall–Kier alpha value is -2.15. The molecule has 1 aromatic heterocycles. The van der Waals surface area contributed by atoms with Crippen molar-refractivity contribution in [1.82, 2.24) is 9.97 Å². The standard InChI is InChI=1S/C15H20N4O2S/c1-8(2)10-5-9(3)11(21-4)6-12(10)22(20)13-7-18-15(17)19-14(13)16/h5-8H,1-4H3,(H4,16,17,18,19). The molecule has 1 heterocycles. The first kappa shape index (κ1) is 16.2. The second-order valence-electron chi connectivity index (χ2n) is 5.26. The van der Waals surface area contributed by atoms with E-state index in [4.69, 9.17) is 16.2 Å². The fraction of sp³-hybridized carbons (Fsp3) is 0.333. The SMILES string of the molecule is COc1cc(S(=O)c2cnc(N)nc2N)c(C(C)C)cc1C. The highest BCUT2D eigenvalue weighted by Crippen LogP contribution is 2.33. The highest BCUT2D eigenvalue weighted by molar-refractivity contribution is 7.85. The molecular weight excluding hydrogens is 300 g/mol. The number of nitrogens with zero attached hydrogens (tertiary/aromatic N) is 2. The van der Waals surface area contributed by atoms with Crippen LogP contribution in [-0.2, 0) is 10.8 Å². The van der Waals surface area contributed by atoms with E-state index >= 15 is 0 Å². The summed E-state index contributed by atoms with van der Waals surface area (Å²) in [6.07, 6.45) is 1.41. The first-order chi connectivity index (χ1) is 10.3. The Morgan fingerprint density at radius 1 is 1.23 bits per heavy atom. The summed E-state index contributed by atoms with van der Waals surface area (Å²) in [4.78, 5) is 8.76. The van der Waals surface area contributed by atoms with Gasteiger partial charge in [0.05, 0.1) is 29.0 Å². The van der Waals surface area contributed by atoms with Crippen LogP contribution in [0.1, 0.15) is 30.9 Å². The van der Waals surface area contributed by atoms with E-state index in [1.54, 1.807) is 13.2 Å². The van der Waals surface area contributed by atoms with Crippen molar-refractivity contribution in [3.05, 3.63) is 29.5 Å². The molecule has 4 N–H and O–H groups in total. The first-order valence-corrected chi connectivity index (χ1v) is 7.98. The van der Waals surface area contributed by atoms with Crippen LogP contribution in [0.15, 0.2) is 28.1 Å². The zero-order valence-corrected chi connectivity index (χ0v) is 13.9. The topological polar surface area (TPSA) is 104 Å². The van der Waals surface area contributed by atoms with Gasteiger partial charge in [-0.3, -0.25) is 0 Å². The van der Waals surface area contributed by atoms with Crippen LogP contribution < -0.4 is 16.2 Å². The largest absolute Gasteiger partial charge is 0.496 e. The summed E-state index contributed by atoms with van der Waals surface area (Å²) in [7, 11) is 0.0836. The third-order valence-electron chi connectivity index (χ3n) is 3.35. The zero-order chi connectivity index (χ0) is 16.4. The number of rotatable bonds is 4. The molecule has 0 aliphatic rings. The van der Waals surface area contributed by atoms with Crippen LogP contribution in [0.5, 0.6) is 5.75 Å². The van der Waals surface area contributed by atoms with E-state index in [1.165, 1.54) is 6.20 Å². The summed E-state index contributed by atoms with van der Waals surface area (Å²) in [5.41, 5.74) is 13.3. The van der Waals surface area contributed by atoms with Crippen molar-refractivity contribution < 1.29 is 8.95 Å². The lowest BCUT2D eigenvalue weighted by molar-refractivity contribution is 0.410. The van der Waals surface area contributed by atoms with Gasteiger partial charge in [0.25, 0.3) is 0 Å². The molecule has 0 fully saturated rings. The van der Waals surface area contributed by atoms with Crippen molar-refractivity contribution in [1.29, 1.82) is 0 Å². The maximum Gasteiger partial charge on any atom is 0.221 e. The van der Waals surface area contributed by atoms with E-state index in [0.29, 0.717) is 15.5 Å². The fourth-order valence-electron chi connectivity index (χ4n) is 2.18.